The minimum absolute atomic E-state index is 0.272. The molecule has 106 valence electrons. The topological polar surface area (TPSA) is 17.8 Å². The van der Waals surface area contributed by atoms with Crippen LogP contribution in [-0.4, -0.2) is 9.78 Å². The minimum Gasteiger partial charge on any atom is -0.268 e. The van der Waals surface area contributed by atoms with Crippen molar-refractivity contribution in [3.05, 3.63) is 74.8 Å². The van der Waals surface area contributed by atoms with Gasteiger partial charge >= 0.3 is 0 Å². The zero-order valence-electron chi connectivity index (χ0n) is 10.9. The van der Waals surface area contributed by atoms with Gasteiger partial charge < -0.3 is 0 Å². The molecule has 3 rings (SSSR count). The van der Waals surface area contributed by atoms with E-state index in [-0.39, 0.29) is 5.82 Å². The summed E-state index contributed by atoms with van der Waals surface area (Å²) >= 11 is 8.17. The lowest BCUT2D eigenvalue weighted by Gasteiger charge is -2.04. The lowest BCUT2D eigenvalue weighted by Crippen LogP contribution is -2.02. The highest BCUT2D eigenvalue weighted by atomic mass is 127. The average molecular weight is 413 g/mol. The lowest BCUT2D eigenvalue weighted by molar-refractivity contribution is 0.585. The van der Waals surface area contributed by atoms with Crippen LogP contribution >= 0.6 is 34.2 Å². The van der Waals surface area contributed by atoms with Crippen LogP contribution in [0.15, 0.2) is 54.9 Å². The molecule has 0 saturated carbocycles. The fraction of sp³-hybridized carbons (Fsp3) is 0.0625. The molecule has 3 aromatic rings. The molecule has 0 atom stereocenters. The number of rotatable bonds is 3. The normalized spacial score (nSPS) is 10.8. The third-order valence-corrected chi connectivity index (χ3v) is 4.11. The van der Waals surface area contributed by atoms with Crippen molar-refractivity contribution in [1.29, 1.82) is 0 Å². The van der Waals surface area contributed by atoms with Gasteiger partial charge in [0.1, 0.15) is 5.82 Å². The van der Waals surface area contributed by atoms with E-state index >= 15 is 0 Å². The van der Waals surface area contributed by atoms with Gasteiger partial charge in [-0.25, -0.2) is 4.39 Å². The molecule has 0 N–H and O–H groups in total. The minimum atomic E-state index is -0.272. The monoisotopic (exact) mass is 412 g/mol. The lowest BCUT2D eigenvalue weighted by atomic mass is 10.1. The van der Waals surface area contributed by atoms with Crippen LogP contribution in [0.25, 0.3) is 11.1 Å². The Bertz CT molecular complexity index is 768. The van der Waals surface area contributed by atoms with E-state index in [0.29, 0.717) is 17.1 Å². The first-order valence-electron chi connectivity index (χ1n) is 6.34. The summed E-state index contributed by atoms with van der Waals surface area (Å²) in [5.41, 5.74) is 2.63. The number of benzene rings is 2. The second-order valence-corrected chi connectivity index (χ2v) is 6.35. The molecule has 1 aromatic heterocycles. The van der Waals surface area contributed by atoms with Crippen LogP contribution < -0.4 is 0 Å². The third-order valence-electron chi connectivity index (χ3n) is 3.15. The maximum Gasteiger partial charge on any atom is 0.128 e. The third kappa shape index (κ3) is 3.44. The van der Waals surface area contributed by atoms with Crippen LogP contribution in [0.1, 0.15) is 5.56 Å². The molecule has 0 bridgehead atoms. The van der Waals surface area contributed by atoms with Gasteiger partial charge in [-0.1, -0.05) is 23.7 Å². The molecule has 0 fully saturated rings. The van der Waals surface area contributed by atoms with Crippen molar-refractivity contribution in [3.8, 4) is 11.1 Å². The number of nitrogens with zero attached hydrogens (tertiary/aromatic N) is 2. The molecule has 0 aliphatic carbocycles. The molecule has 0 radical (unpaired) electrons. The highest BCUT2D eigenvalue weighted by molar-refractivity contribution is 14.1. The standard InChI is InChI=1S/C16H11ClFIN2/c17-14-3-6-16(18)12(7-14)9-21-10-13(8-20-21)11-1-4-15(19)5-2-11/h1-8,10H,9H2. The molecule has 0 amide bonds. The van der Waals surface area contributed by atoms with Gasteiger partial charge in [0.25, 0.3) is 0 Å². The fourth-order valence-corrected chi connectivity index (χ4v) is 2.63. The number of hydrogen-bond acceptors (Lipinski definition) is 1. The van der Waals surface area contributed by atoms with E-state index in [1.54, 1.807) is 23.0 Å². The summed E-state index contributed by atoms with van der Waals surface area (Å²) in [7, 11) is 0. The zero-order valence-corrected chi connectivity index (χ0v) is 13.8. The quantitative estimate of drug-likeness (QED) is 0.554. The van der Waals surface area contributed by atoms with Crippen molar-refractivity contribution in [1.82, 2.24) is 9.78 Å². The molecular formula is C16H11ClFIN2. The molecule has 0 aliphatic heterocycles. The Balaban J connectivity index is 1.85. The Labute approximate surface area is 140 Å². The zero-order chi connectivity index (χ0) is 14.8. The maximum atomic E-state index is 13.7. The highest BCUT2D eigenvalue weighted by Gasteiger charge is 2.06. The number of hydrogen-bond donors (Lipinski definition) is 0. The van der Waals surface area contributed by atoms with Gasteiger partial charge in [0.2, 0.25) is 0 Å². The second-order valence-electron chi connectivity index (χ2n) is 4.67. The van der Waals surface area contributed by atoms with Gasteiger partial charge in [-0.15, -0.1) is 0 Å². The Kier molecular flexibility index (Phi) is 4.26. The van der Waals surface area contributed by atoms with Crippen molar-refractivity contribution < 1.29 is 4.39 Å². The van der Waals surface area contributed by atoms with E-state index in [1.165, 1.54) is 9.64 Å². The first-order chi connectivity index (χ1) is 10.1. The van der Waals surface area contributed by atoms with Crippen molar-refractivity contribution in [2.24, 2.45) is 0 Å². The van der Waals surface area contributed by atoms with Crippen LogP contribution in [0.5, 0.6) is 0 Å². The molecule has 2 aromatic carbocycles. The molecule has 5 heteroatoms. The molecule has 0 aliphatic rings. The van der Waals surface area contributed by atoms with Gasteiger partial charge in [-0.2, -0.15) is 5.10 Å². The first kappa shape index (κ1) is 14.5. The van der Waals surface area contributed by atoms with Crippen LogP contribution in [0, 0.1) is 9.39 Å². The molecule has 0 unspecified atom stereocenters. The predicted molar refractivity (Wildman–Crippen MR) is 90.9 cm³/mol. The van der Waals surface area contributed by atoms with E-state index in [4.69, 9.17) is 11.6 Å². The molecule has 2 nitrogen and oxygen atoms in total. The van der Waals surface area contributed by atoms with E-state index in [2.05, 4.69) is 27.7 Å². The SMILES string of the molecule is Fc1ccc(Cl)cc1Cn1cc(-c2ccc(I)cc2)cn1. The van der Waals surface area contributed by atoms with Gasteiger partial charge in [-0.3, -0.25) is 4.68 Å². The van der Waals surface area contributed by atoms with E-state index in [9.17, 15) is 4.39 Å². The van der Waals surface area contributed by atoms with Gasteiger partial charge in [0, 0.05) is 25.9 Å². The number of aromatic nitrogens is 2. The largest absolute Gasteiger partial charge is 0.268 e. The Hall–Kier alpha value is -1.40. The van der Waals surface area contributed by atoms with E-state index in [0.717, 1.165) is 11.1 Å². The molecule has 0 spiro atoms. The maximum absolute atomic E-state index is 13.7. The van der Waals surface area contributed by atoms with Crippen LogP contribution in [0.2, 0.25) is 5.02 Å². The summed E-state index contributed by atoms with van der Waals surface area (Å²) in [5.74, 6) is -0.272. The van der Waals surface area contributed by atoms with Crippen molar-refractivity contribution in [2.75, 3.05) is 0 Å². The van der Waals surface area contributed by atoms with Crippen LogP contribution in [0.4, 0.5) is 4.39 Å². The average Bonchev–Trinajstić information content (AvgIpc) is 2.92. The molecular weight excluding hydrogens is 402 g/mol. The molecule has 1 heterocycles. The molecule has 21 heavy (non-hydrogen) atoms. The molecule has 0 saturated heterocycles. The summed E-state index contributed by atoms with van der Waals surface area (Å²) in [4.78, 5) is 0. The Morgan fingerprint density at radius 1 is 1.10 bits per heavy atom. The predicted octanol–water partition coefficient (Wildman–Crippen LogP) is 5.00. The first-order valence-corrected chi connectivity index (χ1v) is 7.80. The summed E-state index contributed by atoms with van der Waals surface area (Å²) in [6, 6.07) is 12.7. The van der Waals surface area contributed by atoms with Gasteiger partial charge in [0.15, 0.2) is 0 Å². The summed E-state index contributed by atoms with van der Waals surface area (Å²) in [6.45, 7) is 0.358. The van der Waals surface area contributed by atoms with Crippen molar-refractivity contribution >= 4 is 34.2 Å². The van der Waals surface area contributed by atoms with Gasteiger partial charge in [0.05, 0.1) is 12.7 Å². The Morgan fingerprint density at radius 2 is 1.86 bits per heavy atom. The Morgan fingerprint density at radius 3 is 2.62 bits per heavy atom. The fourth-order valence-electron chi connectivity index (χ4n) is 2.08. The number of halogens is 3. The van der Waals surface area contributed by atoms with Crippen LogP contribution in [0.3, 0.4) is 0 Å². The van der Waals surface area contributed by atoms with E-state index < -0.39 is 0 Å². The van der Waals surface area contributed by atoms with Crippen molar-refractivity contribution in [3.63, 3.8) is 0 Å². The van der Waals surface area contributed by atoms with Crippen molar-refractivity contribution in [2.45, 2.75) is 6.54 Å². The van der Waals surface area contributed by atoms with E-state index in [1.807, 2.05) is 30.5 Å². The second kappa shape index (κ2) is 6.15. The van der Waals surface area contributed by atoms with Gasteiger partial charge in [-0.05, 0) is 58.5 Å². The highest BCUT2D eigenvalue weighted by Crippen LogP contribution is 2.21. The smallest absolute Gasteiger partial charge is 0.128 e. The summed E-state index contributed by atoms with van der Waals surface area (Å²) in [5, 5.41) is 4.81. The summed E-state index contributed by atoms with van der Waals surface area (Å²) in [6.07, 6.45) is 3.69. The van der Waals surface area contributed by atoms with Crippen LogP contribution in [-0.2, 0) is 6.54 Å². The summed E-state index contributed by atoms with van der Waals surface area (Å²) < 4.78 is 16.6.